The minimum Gasteiger partial charge on any atom is -0.494 e. The Morgan fingerprint density at radius 1 is 0.750 bits per heavy atom. The Hall–Kier alpha value is -5.24. The monoisotopic (exact) mass is 535 g/mol. The van der Waals surface area contributed by atoms with Gasteiger partial charge in [-0.05, 0) is 61.0 Å². The molecule has 0 unspecified atom stereocenters. The standard InChI is InChI=1S/C32H29N3O5/c33-27-12-5-6-13-28(27)35-31(36)22-15-17-24(18-16-22)38-20-8-19-34-32(37)30-26(21-39-23-9-2-1-3-10-23)25-11-4-7-14-29(25)40-30/h1-7,9-18H,8,19-21,33H2,(H,34,37)(H,35,36). The number of carbonyl (C=O) groups is 2. The fourth-order valence-electron chi connectivity index (χ4n) is 4.15. The number of nitrogens with two attached hydrogens (primary N) is 1. The van der Waals surface area contributed by atoms with Crippen molar-refractivity contribution in [3.63, 3.8) is 0 Å². The number of hydrogen-bond donors (Lipinski definition) is 3. The molecule has 0 atom stereocenters. The van der Waals surface area contributed by atoms with Crippen LogP contribution in [0.4, 0.5) is 11.4 Å². The number of para-hydroxylation sites is 4. The molecule has 4 N–H and O–H groups in total. The van der Waals surface area contributed by atoms with E-state index >= 15 is 0 Å². The van der Waals surface area contributed by atoms with Crippen molar-refractivity contribution in [1.29, 1.82) is 0 Å². The Kier molecular flexibility index (Phi) is 8.26. The second kappa shape index (κ2) is 12.5. The lowest BCUT2D eigenvalue weighted by atomic mass is 10.1. The molecule has 40 heavy (non-hydrogen) atoms. The molecule has 0 spiro atoms. The summed E-state index contributed by atoms with van der Waals surface area (Å²) in [5.74, 6) is 1.01. The summed E-state index contributed by atoms with van der Waals surface area (Å²) in [7, 11) is 0. The van der Waals surface area contributed by atoms with Gasteiger partial charge in [0.15, 0.2) is 5.76 Å². The fourth-order valence-corrected chi connectivity index (χ4v) is 4.15. The predicted octanol–water partition coefficient (Wildman–Crippen LogP) is 6.05. The molecular formula is C32H29N3O5. The topological polar surface area (TPSA) is 116 Å². The summed E-state index contributed by atoms with van der Waals surface area (Å²) >= 11 is 0. The maximum absolute atomic E-state index is 13.0. The summed E-state index contributed by atoms with van der Waals surface area (Å²) in [5.41, 5.74) is 8.77. The number of carbonyl (C=O) groups excluding carboxylic acids is 2. The summed E-state index contributed by atoms with van der Waals surface area (Å²) in [6, 6.07) is 30.9. The van der Waals surface area contributed by atoms with Gasteiger partial charge in [0.25, 0.3) is 11.8 Å². The maximum Gasteiger partial charge on any atom is 0.287 e. The molecule has 0 aliphatic heterocycles. The molecular weight excluding hydrogens is 506 g/mol. The van der Waals surface area contributed by atoms with E-state index in [-0.39, 0.29) is 24.2 Å². The van der Waals surface area contributed by atoms with Gasteiger partial charge in [0.2, 0.25) is 0 Å². The number of nitrogen functional groups attached to an aromatic ring is 1. The highest BCUT2D eigenvalue weighted by atomic mass is 16.5. The number of ether oxygens (including phenoxy) is 2. The molecule has 0 aliphatic rings. The first-order valence-electron chi connectivity index (χ1n) is 12.9. The highest BCUT2D eigenvalue weighted by molar-refractivity contribution is 6.05. The van der Waals surface area contributed by atoms with Crippen LogP contribution in [0, 0.1) is 0 Å². The number of furan rings is 1. The second-order valence-corrected chi connectivity index (χ2v) is 9.03. The summed E-state index contributed by atoms with van der Waals surface area (Å²) < 4.78 is 17.6. The Balaban J connectivity index is 1.11. The summed E-state index contributed by atoms with van der Waals surface area (Å²) in [5, 5.41) is 6.55. The number of amides is 2. The second-order valence-electron chi connectivity index (χ2n) is 9.03. The molecule has 0 bridgehead atoms. The van der Waals surface area contributed by atoms with E-state index in [1.54, 1.807) is 48.5 Å². The highest BCUT2D eigenvalue weighted by Gasteiger charge is 2.20. The SMILES string of the molecule is Nc1ccccc1NC(=O)c1ccc(OCCCNC(=O)c2oc3ccccc3c2COc2ccccc2)cc1. The van der Waals surface area contributed by atoms with Crippen LogP contribution in [-0.4, -0.2) is 25.0 Å². The molecule has 1 heterocycles. The van der Waals surface area contributed by atoms with Crippen LogP contribution in [0.1, 0.15) is 32.9 Å². The van der Waals surface area contributed by atoms with E-state index in [1.165, 1.54) is 0 Å². The van der Waals surface area contributed by atoms with E-state index in [4.69, 9.17) is 19.6 Å². The van der Waals surface area contributed by atoms with E-state index in [2.05, 4.69) is 10.6 Å². The molecule has 0 radical (unpaired) electrons. The molecule has 0 aliphatic carbocycles. The van der Waals surface area contributed by atoms with Gasteiger partial charge in [-0.3, -0.25) is 9.59 Å². The lowest BCUT2D eigenvalue weighted by Gasteiger charge is -2.10. The minimum absolute atomic E-state index is 0.208. The third kappa shape index (κ3) is 6.42. The third-order valence-electron chi connectivity index (χ3n) is 6.23. The number of fused-ring (bicyclic) bond motifs is 1. The van der Waals surface area contributed by atoms with E-state index < -0.39 is 0 Å². The molecule has 5 rings (SSSR count). The van der Waals surface area contributed by atoms with Gasteiger partial charge in [0, 0.05) is 23.1 Å². The molecule has 0 saturated carbocycles. The Bertz CT molecular complexity index is 1600. The largest absolute Gasteiger partial charge is 0.494 e. The first-order chi connectivity index (χ1) is 19.6. The molecule has 8 heteroatoms. The van der Waals surface area contributed by atoms with Crippen LogP contribution >= 0.6 is 0 Å². The molecule has 0 fully saturated rings. The van der Waals surface area contributed by atoms with Gasteiger partial charge < -0.3 is 30.3 Å². The highest BCUT2D eigenvalue weighted by Crippen LogP contribution is 2.27. The van der Waals surface area contributed by atoms with Gasteiger partial charge in [-0.15, -0.1) is 0 Å². The zero-order chi connectivity index (χ0) is 27.7. The fraction of sp³-hybridized carbons (Fsp3) is 0.125. The smallest absolute Gasteiger partial charge is 0.287 e. The lowest BCUT2D eigenvalue weighted by molar-refractivity contribution is 0.0922. The summed E-state index contributed by atoms with van der Waals surface area (Å²) in [6.45, 7) is 0.990. The van der Waals surface area contributed by atoms with Crippen LogP contribution in [0.25, 0.3) is 11.0 Å². The van der Waals surface area contributed by atoms with Gasteiger partial charge in [0.05, 0.1) is 18.0 Å². The van der Waals surface area contributed by atoms with Crippen LogP contribution in [0.5, 0.6) is 11.5 Å². The normalized spacial score (nSPS) is 10.7. The van der Waals surface area contributed by atoms with Crippen molar-refractivity contribution >= 4 is 34.2 Å². The molecule has 4 aromatic carbocycles. The van der Waals surface area contributed by atoms with Crippen molar-refractivity contribution in [2.45, 2.75) is 13.0 Å². The molecule has 1 aromatic heterocycles. The average Bonchev–Trinajstić information content (AvgIpc) is 3.36. The zero-order valence-electron chi connectivity index (χ0n) is 21.8. The van der Waals surface area contributed by atoms with Crippen molar-refractivity contribution < 1.29 is 23.5 Å². The summed E-state index contributed by atoms with van der Waals surface area (Å²) in [4.78, 5) is 25.5. The van der Waals surface area contributed by atoms with Gasteiger partial charge in [-0.1, -0.05) is 48.5 Å². The first kappa shape index (κ1) is 26.4. The van der Waals surface area contributed by atoms with Crippen molar-refractivity contribution in [2.24, 2.45) is 0 Å². The van der Waals surface area contributed by atoms with Gasteiger partial charge in [0.1, 0.15) is 23.7 Å². The quantitative estimate of drug-likeness (QED) is 0.140. The van der Waals surface area contributed by atoms with E-state index in [1.807, 2.05) is 54.6 Å². The maximum atomic E-state index is 13.0. The Morgan fingerprint density at radius 3 is 2.25 bits per heavy atom. The zero-order valence-corrected chi connectivity index (χ0v) is 21.8. The van der Waals surface area contributed by atoms with E-state index in [0.717, 1.165) is 5.39 Å². The lowest BCUT2D eigenvalue weighted by Crippen LogP contribution is -2.26. The van der Waals surface area contributed by atoms with Crippen molar-refractivity contribution in [3.8, 4) is 11.5 Å². The predicted molar refractivity (Wildman–Crippen MR) is 155 cm³/mol. The Morgan fingerprint density at radius 2 is 1.45 bits per heavy atom. The minimum atomic E-state index is -0.308. The van der Waals surface area contributed by atoms with E-state index in [9.17, 15) is 9.59 Å². The van der Waals surface area contributed by atoms with Crippen LogP contribution in [0.3, 0.4) is 0 Å². The number of nitrogens with one attached hydrogen (secondary N) is 2. The number of hydrogen-bond acceptors (Lipinski definition) is 6. The van der Waals surface area contributed by atoms with Crippen LogP contribution in [0.2, 0.25) is 0 Å². The molecule has 5 aromatic rings. The molecule has 202 valence electrons. The Labute approximate surface area is 231 Å². The molecule has 0 saturated heterocycles. The molecule has 2 amide bonds. The number of rotatable bonds is 11. The van der Waals surface area contributed by atoms with Crippen molar-refractivity contribution in [2.75, 3.05) is 24.2 Å². The van der Waals surface area contributed by atoms with Gasteiger partial charge in [-0.2, -0.15) is 0 Å². The average molecular weight is 536 g/mol. The number of benzene rings is 4. The van der Waals surface area contributed by atoms with Crippen molar-refractivity contribution in [3.05, 3.63) is 120 Å². The van der Waals surface area contributed by atoms with E-state index in [0.29, 0.717) is 59.2 Å². The third-order valence-corrected chi connectivity index (χ3v) is 6.23. The first-order valence-corrected chi connectivity index (χ1v) is 12.9. The van der Waals surface area contributed by atoms with Crippen LogP contribution in [0.15, 0.2) is 108 Å². The van der Waals surface area contributed by atoms with Crippen LogP contribution in [-0.2, 0) is 6.61 Å². The van der Waals surface area contributed by atoms with Gasteiger partial charge >= 0.3 is 0 Å². The van der Waals surface area contributed by atoms with Crippen molar-refractivity contribution in [1.82, 2.24) is 5.32 Å². The number of anilines is 2. The van der Waals surface area contributed by atoms with Crippen LogP contribution < -0.4 is 25.8 Å². The summed E-state index contributed by atoms with van der Waals surface area (Å²) in [6.07, 6.45) is 0.581. The van der Waals surface area contributed by atoms with Gasteiger partial charge in [-0.25, -0.2) is 0 Å². The molecule has 8 nitrogen and oxygen atoms in total.